The van der Waals surface area contributed by atoms with Crippen LogP contribution in [0, 0.1) is 5.82 Å². The van der Waals surface area contributed by atoms with Crippen molar-refractivity contribution in [1.29, 1.82) is 0 Å². The maximum absolute atomic E-state index is 13.8. The van der Waals surface area contributed by atoms with Crippen molar-refractivity contribution >= 4 is 15.9 Å². The number of hydrogen-bond donors (Lipinski definition) is 3. The van der Waals surface area contributed by atoms with E-state index in [1.165, 1.54) is 0 Å². The lowest BCUT2D eigenvalue weighted by molar-refractivity contribution is -0.140. The quantitative estimate of drug-likeness (QED) is 0.268. The fourth-order valence-corrected chi connectivity index (χ4v) is 5.81. The zero-order valence-electron chi connectivity index (χ0n) is 23.4. The van der Waals surface area contributed by atoms with E-state index in [0.717, 1.165) is 17.2 Å². The second kappa shape index (κ2) is 12.4. The summed E-state index contributed by atoms with van der Waals surface area (Å²) in [6.07, 6.45) is -4.93. The number of ether oxygens (including phenoxy) is 1. The van der Waals surface area contributed by atoms with E-state index in [1.54, 1.807) is 30.3 Å². The normalized spacial score (nSPS) is 16.3. The molecule has 1 aliphatic heterocycles. The van der Waals surface area contributed by atoms with E-state index >= 15 is 0 Å². The van der Waals surface area contributed by atoms with Crippen molar-refractivity contribution in [3.8, 4) is 5.75 Å². The molecule has 7 nitrogen and oxygen atoms in total. The Hall–Kier alpha value is -3.48. The van der Waals surface area contributed by atoms with Crippen LogP contribution in [0.25, 0.3) is 0 Å². The summed E-state index contributed by atoms with van der Waals surface area (Å²) in [6, 6.07) is 13.9. The molecule has 0 saturated heterocycles. The van der Waals surface area contributed by atoms with Gasteiger partial charge in [0, 0.05) is 30.5 Å². The molecular formula is C30H33F4N3O4S. The van der Waals surface area contributed by atoms with E-state index in [0.29, 0.717) is 37.0 Å². The van der Waals surface area contributed by atoms with Gasteiger partial charge in [0.05, 0.1) is 29.1 Å². The molecule has 0 fully saturated rings. The Balaban J connectivity index is 1.52. The molecule has 0 bridgehead atoms. The molecule has 1 heterocycles. The summed E-state index contributed by atoms with van der Waals surface area (Å²) < 4.78 is 87.9. The van der Waals surface area contributed by atoms with Gasteiger partial charge in [-0.25, -0.2) is 17.5 Å². The van der Waals surface area contributed by atoms with E-state index in [1.807, 2.05) is 18.2 Å². The van der Waals surface area contributed by atoms with Gasteiger partial charge in [0.2, 0.25) is 15.9 Å². The minimum absolute atomic E-state index is 0.0681. The smallest absolute Gasteiger partial charge is 0.419 e. The van der Waals surface area contributed by atoms with Crippen molar-refractivity contribution in [2.75, 3.05) is 6.61 Å². The molecule has 0 radical (unpaired) electrons. The van der Waals surface area contributed by atoms with Crippen molar-refractivity contribution < 1.29 is 35.5 Å². The number of nitrogens with one attached hydrogen (secondary N) is 3. The zero-order valence-corrected chi connectivity index (χ0v) is 24.2. The topological polar surface area (TPSA) is 96.5 Å². The molecule has 1 unspecified atom stereocenters. The maximum atomic E-state index is 13.8. The molecule has 4 rings (SSSR count). The minimum Gasteiger partial charge on any atom is -0.493 e. The molecule has 226 valence electrons. The lowest BCUT2D eigenvalue weighted by Crippen LogP contribution is -2.37. The van der Waals surface area contributed by atoms with Crippen LogP contribution in [0.15, 0.2) is 71.6 Å². The van der Waals surface area contributed by atoms with Crippen LogP contribution in [0.3, 0.4) is 0 Å². The Labute approximate surface area is 242 Å². The predicted molar refractivity (Wildman–Crippen MR) is 150 cm³/mol. The third-order valence-corrected chi connectivity index (χ3v) is 8.19. The largest absolute Gasteiger partial charge is 0.493 e. The molecule has 3 N–H and O–H groups in total. The third kappa shape index (κ3) is 8.08. The van der Waals surface area contributed by atoms with Gasteiger partial charge in [0.25, 0.3) is 0 Å². The Kier molecular flexibility index (Phi) is 9.29. The monoisotopic (exact) mass is 607 g/mol. The Morgan fingerprint density at radius 1 is 1.02 bits per heavy atom. The van der Waals surface area contributed by atoms with E-state index in [2.05, 4.69) is 36.1 Å². The molecule has 0 saturated carbocycles. The lowest BCUT2D eigenvalue weighted by Gasteiger charge is -2.28. The lowest BCUT2D eigenvalue weighted by atomic mass is 9.97. The van der Waals surface area contributed by atoms with Gasteiger partial charge in [-0.3, -0.25) is 4.79 Å². The number of amides is 1. The first kappa shape index (κ1) is 31.5. The molecular weight excluding hydrogens is 574 g/mol. The van der Waals surface area contributed by atoms with Crippen LogP contribution in [0.1, 0.15) is 68.0 Å². The number of carbonyl (C=O) groups excluding carboxylic acids is 1. The average molecular weight is 608 g/mol. The van der Waals surface area contributed by atoms with Crippen LogP contribution in [0.5, 0.6) is 5.75 Å². The van der Waals surface area contributed by atoms with Gasteiger partial charge in [-0.2, -0.15) is 13.2 Å². The first-order valence-electron chi connectivity index (χ1n) is 13.4. The van der Waals surface area contributed by atoms with Crippen LogP contribution in [-0.2, 0) is 27.5 Å². The maximum Gasteiger partial charge on any atom is 0.419 e. The highest BCUT2D eigenvalue weighted by molar-refractivity contribution is 7.89. The van der Waals surface area contributed by atoms with Crippen molar-refractivity contribution in [3.05, 3.63) is 94.8 Å². The third-order valence-electron chi connectivity index (χ3n) is 6.72. The molecule has 3 aromatic rings. The zero-order chi connectivity index (χ0) is 30.7. The van der Waals surface area contributed by atoms with E-state index in [9.17, 15) is 30.8 Å². The fraction of sp³-hybridized carbons (Fsp3) is 0.367. The Bertz CT molecular complexity index is 1520. The highest BCUT2D eigenvalue weighted by Crippen LogP contribution is 2.35. The fourth-order valence-electron chi connectivity index (χ4n) is 4.56. The van der Waals surface area contributed by atoms with Crippen molar-refractivity contribution in [1.82, 2.24) is 15.4 Å². The van der Waals surface area contributed by atoms with Gasteiger partial charge < -0.3 is 15.4 Å². The summed E-state index contributed by atoms with van der Waals surface area (Å²) in [5, 5.41) is 6.36. The Morgan fingerprint density at radius 3 is 2.40 bits per heavy atom. The van der Waals surface area contributed by atoms with Crippen LogP contribution < -0.4 is 20.1 Å². The first-order valence-corrected chi connectivity index (χ1v) is 14.8. The molecule has 1 amide bonds. The predicted octanol–water partition coefficient (Wildman–Crippen LogP) is 5.78. The number of rotatable bonds is 9. The SMILES string of the molecule is CC(C)(C)NCc1ccc2c(c1)OCC[C@H]2NC(=O)CC(NS(=O)(=O)c1ccc(F)c(C(F)(F)F)c1)c1ccccc1. The van der Waals surface area contributed by atoms with Crippen molar-refractivity contribution in [2.24, 2.45) is 0 Å². The second-order valence-electron chi connectivity index (χ2n) is 11.2. The first-order chi connectivity index (χ1) is 19.6. The molecule has 0 aliphatic carbocycles. The number of halogens is 4. The summed E-state index contributed by atoms with van der Waals surface area (Å²) in [6.45, 7) is 7.20. The van der Waals surface area contributed by atoms with E-state index in [-0.39, 0.29) is 24.1 Å². The van der Waals surface area contributed by atoms with Gasteiger partial charge in [-0.05, 0) is 56.2 Å². The number of fused-ring (bicyclic) bond motifs is 1. The highest BCUT2D eigenvalue weighted by atomic mass is 32.2. The summed E-state index contributed by atoms with van der Waals surface area (Å²) >= 11 is 0. The van der Waals surface area contributed by atoms with E-state index in [4.69, 9.17) is 4.74 Å². The summed E-state index contributed by atoms with van der Waals surface area (Å²) in [5.41, 5.74) is 0.467. The number of carbonyl (C=O) groups is 1. The van der Waals surface area contributed by atoms with Crippen LogP contribution in [0.4, 0.5) is 17.6 Å². The summed E-state index contributed by atoms with van der Waals surface area (Å²) in [4.78, 5) is 12.5. The van der Waals surface area contributed by atoms with Crippen LogP contribution in [-0.4, -0.2) is 26.5 Å². The van der Waals surface area contributed by atoms with Crippen LogP contribution >= 0.6 is 0 Å². The van der Waals surface area contributed by atoms with Gasteiger partial charge >= 0.3 is 6.18 Å². The average Bonchev–Trinajstić information content (AvgIpc) is 2.91. The molecule has 3 aromatic carbocycles. The van der Waals surface area contributed by atoms with Crippen molar-refractivity contribution in [3.63, 3.8) is 0 Å². The molecule has 0 aromatic heterocycles. The number of sulfonamides is 1. The molecule has 0 spiro atoms. The molecule has 2 atom stereocenters. The van der Waals surface area contributed by atoms with E-state index < -0.39 is 44.4 Å². The summed E-state index contributed by atoms with van der Waals surface area (Å²) in [7, 11) is -4.58. The number of hydrogen-bond acceptors (Lipinski definition) is 5. The van der Waals surface area contributed by atoms with Gasteiger partial charge in [-0.15, -0.1) is 0 Å². The van der Waals surface area contributed by atoms with Gasteiger partial charge in [0.15, 0.2) is 0 Å². The van der Waals surface area contributed by atoms with Crippen molar-refractivity contribution in [2.45, 2.75) is 68.9 Å². The minimum atomic E-state index is -5.09. The highest BCUT2D eigenvalue weighted by Gasteiger charge is 2.36. The Morgan fingerprint density at radius 2 is 1.74 bits per heavy atom. The number of alkyl halides is 3. The standard InChI is InChI=1S/C30H33F4N3O4S/c1-29(2,3)35-18-19-9-11-22-25(13-14-41-27(22)15-19)36-28(38)17-26(20-7-5-4-6-8-20)37-42(39,40)21-10-12-24(31)23(16-21)30(32,33)34/h4-12,15-16,25-26,35,37H,13-14,17-18H2,1-3H3,(H,36,38)/t25-,26?/m1/s1. The molecule has 12 heteroatoms. The summed E-state index contributed by atoms with van der Waals surface area (Å²) in [5.74, 6) is -1.41. The molecule has 1 aliphatic rings. The molecule has 42 heavy (non-hydrogen) atoms. The van der Waals surface area contributed by atoms with Crippen LogP contribution in [0.2, 0.25) is 0 Å². The van der Waals surface area contributed by atoms with Gasteiger partial charge in [0.1, 0.15) is 11.6 Å². The number of benzene rings is 3. The second-order valence-corrected chi connectivity index (χ2v) is 12.9. The van der Waals surface area contributed by atoms with Gasteiger partial charge in [-0.1, -0.05) is 42.5 Å².